The average molecular weight is 297 g/mol. The van der Waals surface area contributed by atoms with E-state index in [9.17, 15) is 18.4 Å². The first-order chi connectivity index (χ1) is 9.95. The fraction of sp³-hybridized carbons (Fsp3) is 0.467. The Bertz CT molecular complexity index is 521. The lowest BCUT2D eigenvalue weighted by atomic mass is 10.2. The molecule has 0 aliphatic heterocycles. The van der Waals surface area contributed by atoms with E-state index >= 15 is 0 Å². The van der Waals surface area contributed by atoms with Crippen LogP contribution < -0.4 is 5.32 Å². The molecular weight excluding hydrogens is 280 g/mol. The number of rotatable bonds is 4. The quantitative estimate of drug-likeness (QED) is 0.869. The summed E-state index contributed by atoms with van der Waals surface area (Å²) >= 11 is 0. The van der Waals surface area contributed by atoms with Gasteiger partial charge < -0.3 is 10.1 Å². The molecule has 0 heterocycles. The molecule has 4 nitrogen and oxygen atoms in total. The van der Waals surface area contributed by atoms with Gasteiger partial charge in [0.05, 0.1) is 5.56 Å². The van der Waals surface area contributed by atoms with E-state index in [1.807, 2.05) is 0 Å². The first-order valence-corrected chi connectivity index (χ1v) is 6.93. The summed E-state index contributed by atoms with van der Waals surface area (Å²) in [7, 11) is 0. The minimum atomic E-state index is -1.01. The minimum absolute atomic E-state index is 0.116. The number of amides is 1. The summed E-state index contributed by atoms with van der Waals surface area (Å²) in [5, 5.41) is 2.79. The molecule has 1 aliphatic rings. The Morgan fingerprint density at radius 3 is 2.33 bits per heavy atom. The average Bonchev–Trinajstić information content (AvgIpc) is 2.90. The molecule has 0 saturated heterocycles. The van der Waals surface area contributed by atoms with Gasteiger partial charge in [0.2, 0.25) is 0 Å². The van der Waals surface area contributed by atoms with E-state index in [0.29, 0.717) is 6.07 Å². The molecule has 0 unspecified atom stereocenters. The van der Waals surface area contributed by atoms with Crippen LogP contribution in [-0.2, 0) is 9.53 Å². The van der Waals surface area contributed by atoms with Crippen LogP contribution in [-0.4, -0.2) is 24.0 Å². The van der Waals surface area contributed by atoms with Crippen LogP contribution in [0.1, 0.15) is 43.0 Å². The van der Waals surface area contributed by atoms with Crippen molar-refractivity contribution < 1.29 is 23.1 Å². The Morgan fingerprint density at radius 1 is 1.19 bits per heavy atom. The van der Waals surface area contributed by atoms with Crippen LogP contribution in [0.5, 0.6) is 0 Å². The molecule has 0 bridgehead atoms. The highest BCUT2D eigenvalue weighted by atomic mass is 19.1. The maximum absolute atomic E-state index is 13.0. The number of carbonyl (C=O) groups excluding carboxylic acids is 2. The van der Waals surface area contributed by atoms with Crippen molar-refractivity contribution >= 4 is 11.9 Å². The fourth-order valence-corrected chi connectivity index (χ4v) is 2.34. The van der Waals surface area contributed by atoms with Gasteiger partial charge in [-0.3, -0.25) is 4.79 Å². The van der Waals surface area contributed by atoms with Crippen molar-refractivity contribution in [3.63, 3.8) is 0 Å². The van der Waals surface area contributed by atoms with E-state index in [-0.39, 0.29) is 11.6 Å². The first-order valence-electron chi connectivity index (χ1n) is 6.93. The third-order valence-corrected chi connectivity index (χ3v) is 3.45. The van der Waals surface area contributed by atoms with E-state index in [1.54, 1.807) is 0 Å². The second kappa shape index (κ2) is 6.65. The topological polar surface area (TPSA) is 55.4 Å². The van der Waals surface area contributed by atoms with Crippen LogP contribution in [0.3, 0.4) is 0 Å². The van der Waals surface area contributed by atoms with Crippen molar-refractivity contribution in [2.24, 2.45) is 0 Å². The molecule has 0 spiro atoms. The molecule has 114 valence electrons. The van der Waals surface area contributed by atoms with Gasteiger partial charge in [0, 0.05) is 12.1 Å². The molecular formula is C15H17F2NO3. The van der Waals surface area contributed by atoms with Crippen LogP contribution in [0, 0.1) is 11.6 Å². The van der Waals surface area contributed by atoms with Crippen molar-refractivity contribution in [2.45, 2.75) is 44.8 Å². The highest BCUT2D eigenvalue weighted by Crippen LogP contribution is 2.18. The molecule has 0 aromatic heterocycles. The summed E-state index contributed by atoms with van der Waals surface area (Å²) in [6, 6.07) is 2.51. The standard InChI is InChI=1S/C15H17F2NO3/c1-9(14(19)18-13-4-2-3-5-13)21-15(20)10-6-11(16)8-12(17)7-10/h6-9,13H,2-5H2,1H3,(H,18,19)/t9-/m1/s1. The predicted molar refractivity (Wildman–Crippen MR) is 71.6 cm³/mol. The molecule has 1 fully saturated rings. The minimum Gasteiger partial charge on any atom is -0.449 e. The summed E-state index contributed by atoms with van der Waals surface area (Å²) < 4.78 is 31.0. The second-order valence-electron chi connectivity index (χ2n) is 5.20. The zero-order valence-corrected chi connectivity index (χ0v) is 11.7. The number of benzene rings is 1. The predicted octanol–water partition coefficient (Wildman–Crippen LogP) is 2.57. The first kappa shape index (κ1) is 15.4. The lowest BCUT2D eigenvalue weighted by Crippen LogP contribution is -2.40. The van der Waals surface area contributed by atoms with Gasteiger partial charge in [0.1, 0.15) is 11.6 Å². The Kier molecular flexibility index (Phi) is 4.88. The highest BCUT2D eigenvalue weighted by Gasteiger charge is 2.23. The zero-order valence-electron chi connectivity index (χ0n) is 11.7. The van der Waals surface area contributed by atoms with E-state index in [2.05, 4.69) is 5.32 Å². The third-order valence-electron chi connectivity index (χ3n) is 3.45. The van der Waals surface area contributed by atoms with Crippen molar-refractivity contribution in [1.29, 1.82) is 0 Å². The van der Waals surface area contributed by atoms with Gasteiger partial charge in [0.15, 0.2) is 6.10 Å². The Labute approximate surface area is 121 Å². The highest BCUT2D eigenvalue weighted by molar-refractivity contribution is 5.92. The van der Waals surface area contributed by atoms with Crippen LogP contribution in [0.15, 0.2) is 18.2 Å². The molecule has 1 amide bonds. The van der Waals surface area contributed by atoms with Gasteiger partial charge in [0.25, 0.3) is 5.91 Å². The number of halogens is 2. The van der Waals surface area contributed by atoms with Gasteiger partial charge >= 0.3 is 5.97 Å². The lowest BCUT2D eigenvalue weighted by Gasteiger charge is -2.17. The summed E-state index contributed by atoms with van der Waals surface area (Å²) in [5.41, 5.74) is -0.256. The van der Waals surface area contributed by atoms with E-state index in [1.165, 1.54) is 6.92 Å². The number of nitrogens with one attached hydrogen (secondary N) is 1. The Balaban J connectivity index is 1.93. The fourth-order valence-electron chi connectivity index (χ4n) is 2.34. The SMILES string of the molecule is C[C@@H](OC(=O)c1cc(F)cc(F)c1)C(=O)NC1CCCC1. The van der Waals surface area contributed by atoms with Crippen LogP contribution in [0.25, 0.3) is 0 Å². The number of hydrogen-bond acceptors (Lipinski definition) is 3. The van der Waals surface area contributed by atoms with E-state index in [4.69, 9.17) is 4.74 Å². The van der Waals surface area contributed by atoms with Gasteiger partial charge in [-0.05, 0) is 31.9 Å². The summed E-state index contributed by atoms with van der Waals surface area (Å²) in [6.07, 6.45) is 2.97. The Morgan fingerprint density at radius 2 is 1.76 bits per heavy atom. The van der Waals surface area contributed by atoms with E-state index < -0.39 is 29.6 Å². The number of carbonyl (C=O) groups is 2. The monoisotopic (exact) mass is 297 g/mol. The molecule has 1 atom stereocenters. The molecule has 2 rings (SSSR count). The molecule has 1 aliphatic carbocycles. The lowest BCUT2D eigenvalue weighted by molar-refractivity contribution is -0.129. The van der Waals surface area contributed by atoms with Crippen LogP contribution >= 0.6 is 0 Å². The van der Waals surface area contributed by atoms with Crippen molar-refractivity contribution in [3.05, 3.63) is 35.4 Å². The van der Waals surface area contributed by atoms with Gasteiger partial charge in [-0.1, -0.05) is 12.8 Å². The summed E-state index contributed by atoms with van der Waals surface area (Å²) in [6.45, 7) is 1.43. The van der Waals surface area contributed by atoms with Gasteiger partial charge in [-0.25, -0.2) is 13.6 Å². The normalized spacial score (nSPS) is 16.5. The number of hydrogen-bond donors (Lipinski definition) is 1. The molecule has 21 heavy (non-hydrogen) atoms. The largest absolute Gasteiger partial charge is 0.449 e. The smallest absolute Gasteiger partial charge is 0.339 e. The Hall–Kier alpha value is -1.98. The van der Waals surface area contributed by atoms with Crippen molar-refractivity contribution in [2.75, 3.05) is 0 Å². The molecule has 1 aromatic rings. The summed E-state index contributed by atoms with van der Waals surface area (Å²) in [5.74, 6) is -3.07. The molecule has 1 aromatic carbocycles. The summed E-state index contributed by atoms with van der Waals surface area (Å²) in [4.78, 5) is 23.6. The van der Waals surface area contributed by atoms with Crippen molar-refractivity contribution in [3.8, 4) is 0 Å². The molecule has 1 N–H and O–H groups in total. The van der Waals surface area contributed by atoms with Crippen molar-refractivity contribution in [1.82, 2.24) is 5.32 Å². The molecule has 1 saturated carbocycles. The molecule has 6 heteroatoms. The second-order valence-corrected chi connectivity index (χ2v) is 5.20. The van der Waals surface area contributed by atoms with Crippen LogP contribution in [0.4, 0.5) is 8.78 Å². The maximum Gasteiger partial charge on any atom is 0.339 e. The zero-order chi connectivity index (χ0) is 15.4. The van der Waals surface area contributed by atoms with Crippen LogP contribution in [0.2, 0.25) is 0 Å². The molecule has 0 radical (unpaired) electrons. The number of esters is 1. The van der Waals surface area contributed by atoms with E-state index in [0.717, 1.165) is 37.8 Å². The van der Waals surface area contributed by atoms with Gasteiger partial charge in [-0.15, -0.1) is 0 Å². The van der Waals surface area contributed by atoms with Gasteiger partial charge in [-0.2, -0.15) is 0 Å². The third kappa shape index (κ3) is 4.24. The number of ether oxygens (including phenoxy) is 1. The maximum atomic E-state index is 13.0.